The summed E-state index contributed by atoms with van der Waals surface area (Å²) in [7, 11) is 1.71. The molecular formula is C28H31N3O2. The fraction of sp³-hybridized carbons (Fsp3) is 0.321. The molecule has 2 aliphatic heterocycles. The van der Waals surface area contributed by atoms with E-state index in [1.807, 2.05) is 24.3 Å². The minimum atomic E-state index is -0.108. The molecule has 33 heavy (non-hydrogen) atoms. The van der Waals surface area contributed by atoms with E-state index in [1.54, 1.807) is 7.11 Å². The van der Waals surface area contributed by atoms with Crippen molar-refractivity contribution in [2.24, 2.45) is 5.92 Å². The number of hydrogen-bond donors (Lipinski definition) is 1. The minimum Gasteiger partial charge on any atom is -0.497 e. The molecule has 0 saturated carbocycles. The number of ether oxygens (including phenoxy) is 1. The van der Waals surface area contributed by atoms with Gasteiger partial charge < -0.3 is 19.9 Å². The zero-order valence-electron chi connectivity index (χ0n) is 19.3. The summed E-state index contributed by atoms with van der Waals surface area (Å²) in [5.74, 6) is 0.879. The number of methoxy groups -OCH3 is 1. The van der Waals surface area contributed by atoms with Crippen molar-refractivity contribution < 1.29 is 9.53 Å². The van der Waals surface area contributed by atoms with Gasteiger partial charge in [0.05, 0.1) is 19.1 Å². The first kappa shape index (κ1) is 21.4. The molecule has 1 fully saturated rings. The molecule has 2 aliphatic rings. The first-order valence-corrected chi connectivity index (χ1v) is 11.7. The minimum absolute atomic E-state index is 0.107. The van der Waals surface area contributed by atoms with Crippen molar-refractivity contribution in [1.82, 2.24) is 5.32 Å². The Bertz CT molecular complexity index is 1110. The van der Waals surface area contributed by atoms with Crippen LogP contribution in [0.1, 0.15) is 16.7 Å². The third-order valence-electron chi connectivity index (χ3n) is 6.97. The fourth-order valence-corrected chi connectivity index (χ4v) is 5.11. The number of piperazine rings is 1. The quantitative estimate of drug-likeness (QED) is 0.645. The lowest BCUT2D eigenvalue weighted by Gasteiger charge is -2.49. The predicted octanol–water partition coefficient (Wildman–Crippen LogP) is 4.19. The number of anilines is 2. The largest absolute Gasteiger partial charge is 0.497 e. The molecule has 0 aliphatic carbocycles. The van der Waals surface area contributed by atoms with Crippen LogP contribution >= 0.6 is 0 Å². The monoisotopic (exact) mass is 441 g/mol. The maximum absolute atomic E-state index is 13.5. The number of nitrogens with one attached hydrogen (secondary N) is 1. The Morgan fingerprint density at radius 3 is 2.58 bits per heavy atom. The van der Waals surface area contributed by atoms with Crippen LogP contribution in [0.15, 0.2) is 72.8 Å². The lowest BCUT2D eigenvalue weighted by Crippen LogP contribution is -2.61. The lowest BCUT2D eigenvalue weighted by atomic mass is 9.83. The maximum atomic E-state index is 13.5. The summed E-state index contributed by atoms with van der Waals surface area (Å²) in [6.07, 6.45) is 0.739. The van der Waals surface area contributed by atoms with Crippen LogP contribution in [0.4, 0.5) is 11.4 Å². The van der Waals surface area contributed by atoms with E-state index in [9.17, 15) is 4.79 Å². The summed E-state index contributed by atoms with van der Waals surface area (Å²) < 4.78 is 5.51. The molecule has 1 amide bonds. The summed E-state index contributed by atoms with van der Waals surface area (Å²) in [5.41, 5.74) is 6.02. The van der Waals surface area contributed by atoms with Crippen molar-refractivity contribution in [3.8, 4) is 5.75 Å². The number of fused-ring (bicyclic) bond motifs is 3. The van der Waals surface area contributed by atoms with Gasteiger partial charge in [-0.2, -0.15) is 0 Å². The van der Waals surface area contributed by atoms with Crippen LogP contribution in [0.5, 0.6) is 5.75 Å². The summed E-state index contributed by atoms with van der Waals surface area (Å²) in [6.45, 7) is 5.29. The van der Waals surface area contributed by atoms with Crippen LogP contribution in [0, 0.1) is 12.8 Å². The van der Waals surface area contributed by atoms with Crippen LogP contribution in [0.3, 0.4) is 0 Å². The molecule has 5 nitrogen and oxygen atoms in total. The van der Waals surface area contributed by atoms with Crippen molar-refractivity contribution in [1.29, 1.82) is 0 Å². The highest BCUT2D eigenvalue weighted by Crippen LogP contribution is 2.39. The van der Waals surface area contributed by atoms with Gasteiger partial charge in [-0.05, 0) is 42.7 Å². The van der Waals surface area contributed by atoms with Crippen LogP contribution in [0.2, 0.25) is 0 Å². The van der Waals surface area contributed by atoms with E-state index in [0.29, 0.717) is 6.54 Å². The predicted molar refractivity (Wildman–Crippen MR) is 133 cm³/mol. The van der Waals surface area contributed by atoms with Crippen LogP contribution in [-0.2, 0) is 17.8 Å². The van der Waals surface area contributed by atoms with Gasteiger partial charge in [-0.3, -0.25) is 4.79 Å². The van der Waals surface area contributed by atoms with Gasteiger partial charge >= 0.3 is 0 Å². The molecule has 2 atom stereocenters. The third-order valence-corrected chi connectivity index (χ3v) is 6.97. The Kier molecular flexibility index (Phi) is 5.95. The SMILES string of the molecule is COc1ccc2c(c1)N1CCN(c3ccc(C)cc3)C[C@@H]1[C@H](C(=O)NCc1ccccc1)C2. The number of nitrogens with zero attached hydrogens (tertiary/aromatic N) is 2. The average Bonchev–Trinajstić information content (AvgIpc) is 2.87. The standard InChI is InChI=1S/C28H31N3O2/c1-20-8-11-23(12-9-20)30-14-15-31-26-17-24(33-2)13-10-22(26)16-25(27(31)19-30)28(32)29-18-21-6-4-3-5-7-21/h3-13,17,25,27H,14-16,18-19H2,1-2H3,(H,29,32)/t25-,27-/m1/s1. The van der Waals surface area contributed by atoms with Crippen LogP contribution < -0.4 is 19.9 Å². The van der Waals surface area contributed by atoms with E-state index >= 15 is 0 Å². The van der Waals surface area contributed by atoms with Crippen molar-refractivity contribution in [2.75, 3.05) is 36.5 Å². The van der Waals surface area contributed by atoms with Gasteiger partial charge in [-0.1, -0.05) is 54.1 Å². The van der Waals surface area contributed by atoms with Crippen LogP contribution in [-0.4, -0.2) is 38.7 Å². The van der Waals surface area contributed by atoms with E-state index in [0.717, 1.165) is 37.4 Å². The second kappa shape index (κ2) is 9.18. The summed E-state index contributed by atoms with van der Waals surface area (Å²) in [6, 6.07) is 25.2. The fourth-order valence-electron chi connectivity index (χ4n) is 5.11. The maximum Gasteiger partial charge on any atom is 0.225 e. The van der Waals surface area contributed by atoms with E-state index in [4.69, 9.17) is 4.74 Å². The topological polar surface area (TPSA) is 44.8 Å². The van der Waals surface area contributed by atoms with Gasteiger partial charge in [0.25, 0.3) is 0 Å². The molecule has 0 aromatic heterocycles. The Labute approximate surface area is 196 Å². The third kappa shape index (κ3) is 4.40. The number of rotatable bonds is 5. The second-order valence-corrected chi connectivity index (χ2v) is 9.05. The number of amides is 1. The number of aryl methyl sites for hydroxylation is 1. The Balaban J connectivity index is 1.42. The number of carbonyl (C=O) groups is 1. The summed E-state index contributed by atoms with van der Waals surface area (Å²) in [4.78, 5) is 18.3. The normalized spacial score (nSPS) is 19.5. The van der Waals surface area contributed by atoms with Crippen LogP contribution in [0.25, 0.3) is 0 Å². The molecular weight excluding hydrogens is 410 g/mol. The highest BCUT2D eigenvalue weighted by molar-refractivity contribution is 5.82. The highest BCUT2D eigenvalue weighted by atomic mass is 16.5. The first-order chi connectivity index (χ1) is 16.1. The second-order valence-electron chi connectivity index (χ2n) is 9.05. The Hall–Kier alpha value is -3.47. The van der Waals surface area contributed by atoms with Gasteiger partial charge in [0.15, 0.2) is 0 Å². The molecule has 0 spiro atoms. The molecule has 0 radical (unpaired) electrons. The van der Waals surface area contributed by atoms with Gasteiger partial charge in [-0.25, -0.2) is 0 Å². The molecule has 0 unspecified atom stereocenters. The van der Waals surface area contributed by atoms with E-state index in [2.05, 4.69) is 70.6 Å². The Morgan fingerprint density at radius 1 is 1.03 bits per heavy atom. The van der Waals surface area contributed by atoms with Crippen molar-refractivity contribution in [2.45, 2.75) is 25.9 Å². The molecule has 0 bridgehead atoms. The van der Waals surface area contributed by atoms with Crippen molar-refractivity contribution in [3.63, 3.8) is 0 Å². The van der Waals surface area contributed by atoms with Crippen molar-refractivity contribution >= 4 is 17.3 Å². The van der Waals surface area contributed by atoms with E-state index in [1.165, 1.54) is 22.5 Å². The highest BCUT2D eigenvalue weighted by Gasteiger charge is 2.41. The van der Waals surface area contributed by atoms with Crippen molar-refractivity contribution in [3.05, 3.63) is 89.5 Å². The van der Waals surface area contributed by atoms with E-state index in [-0.39, 0.29) is 17.9 Å². The zero-order chi connectivity index (χ0) is 22.8. The summed E-state index contributed by atoms with van der Waals surface area (Å²) >= 11 is 0. The van der Waals surface area contributed by atoms with E-state index < -0.39 is 0 Å². The summed E-state index contributed by atoms with van der Waals surface area (Å²) in [5, 5.41) is 3.21. The smallest absolute Gasteiger partial charge is 0.225 e. The Morgan fingerprint density at radius 2 is 1.82 bits per heavy atom. The molecule has 170 valence electrons. The van der Waals surface area contributed by atoms with Gasteiger partial charge in [0.1, 0.15) is 5.75 Å². The van der Waals surface area contributed by atoms with Gasteiger partial charge in [-0.15, -0.1) is 0 Å². The average molecular weight is 442 g/mol. The molecule has 5 rings (SSSR count). The molecule has 1 N–H and O–H groups in total. The molecule has 5 heteroatoms. The molecule has 1 saturated heterocycles. The lowest BCUT2D eigenvalue weighted by molar-refractivity contribution is -0.126. The number of benzene rings is 3. The molecule has 3 aromatic carbocycles. The first-order valence-electron chi connectivity index (χ1n) is 11.7. The number of hydrogen-bond acceptors (Lipinski definition) is 4. The molecule has 3 aromatic rings. The number of carbonyl (C=O) groups excluding carboxylic acids is 1. The van der Waals surface area contributed by atoms with Gasteiger partial charge in [0.2, 0.25) is 5.91 Å². The molecule has 2 heterocycles. The zero-order valence-corrected chi connectivity index (χ0v) is 19.3. The van der Waals surface area contributed by atoms with Gasteiger partial charge in [0, 0.05) is 43.6 Å².